The molecule has 0 spiro atoms. The quantitative estimate of drug-likeness (QED) is 0.493. The fraction of sp³-hybridized carbons (Fsp3) is 0.0526. The molecule has 3 aromatic heterocycles. The monoisotopic (exact) mass is 365 g/mol. The molecule has 0 aliphatic rings. The van der Waals surface area contributed by atoms with Gasteiger partial charge in [-0.15, -0.1) is 11.3 Å². The Bertz CT molecular complexity index is 1000. The minimum Gasteiger partial charge on any atom is -0.453 e. The minimum atomic E-state index is 0.704. The second-order valence-corrected chi connectivity index (χ2v) is 7.26. The highest BCUT2D eigenvalue weighted by atomic mass is 32.2. The maximum Gasteiger partial charge on any atom is 0.170 e. The van der Waals surface area contributed by atoms with Crippen LogP contribution in [0.5, 0.6) is 11.5 Å². The first-order valence-corrected chi connectivity index (χ1v) is 9.44. The number of nitrogens with zero attached hydrogens (tertiary/aromatic N) is 2. The van der Waals surface area contributed by atoms with Gasteiger partial charge in [-0.2, -0.15) is 0 Å². The van der Waals surface area contributed by atoms with Gasteiger partial charge in [0.15, 0.2) is 11.6 Å². The van der Waals surface area contributed by atoms with E-state index in [0.717, 1.165) is 16.2 Å². The van der Waals surface area contributed by atoms with E-state index in [0.29, 0.717) is 11.6 Å². The smallest absolute Gasteiger partial charge is 0.170 e. The van der Waals surface area contributed by atoms with Gasteiger partial charge in [0.05, 0.1) is 10.2 Å². The third-order valence-electron chi connectivity index (χ3n) is 3.57. The minimum absolute atomic E-state index is 0.704. The van der Waals surface area contributed by atoms with Gasteiger partial charge in [0.1, 0.15) is 5.75 Å². The summed E-state index contributed by atoms with van der Waals surface area (Å²) in [4.78, 5) is 11.1. The van der Waals surface area contributed by atoms with Crippen molar-refractivity contribution in [2.45, 2.75) is 9.79 Å². The number of pyridine rings is 2. The van der Waals surface area contributed by atoms with Crippen molar-refractivity contribution < 1.29 is 4.74 Å². The molecule has 0 saturated carbocycles. The average molecular weight is 365 g/mol. The Morgan fingerprint density at radius 2 is 1.96 bits per heavy atom. The molecule has 0 aliphatic carbocycles. The zero-order valence-corrected chi connectivity index (χ0v) is 15.1. The molecule has 0 fully saturated rings. The largest absolute Gasteiger partial charge is 0.453 e. The number of hydrogen-bond acceptors (Lipinski definition) is 6. The number of fused-ring (bicyclic) bond motifs is 1. The Morgan fingerprint density at radius 3 is 2.80 bits per heavy atom. The highest BCUT2D eigenvalue weighted by molar-refractivity contribution is 7.99. The normalized spacial score (nSPS) is 10.8. The van der Waals surface area contributed by atoms with Crippen LogP contribution < -0.4 is 10.1 Å². The van der Waals surface area contributed by atoms with E-state index in [2.05, 4.69) is 20.7 Å². The van der Waals surface area contributed by atoms with Crippen molar-refractivity contribution in [3.8, 4) is 11.5 Å². The molecule has 0 aliphatic heterocycles. The summed E-state index contributed by atoms with van der Waals surface area (Å²) in [6, 6.07) is 15.8. The van der Waals surface area contributed by atoms with E-state index in [9.17, 15) is 0 Å². The fourth-order valence-corrected chi connectivity index (χ4v) is 4.30. The topological polar surface area (TPSA) is 47.0 Å². The molecule has 0 radical (unpaired) electrons. The number of anilines is 1. The molecule has 4 aromatic rings. The van der Waals surface area contributed by atoms with Gasteiger partial charge in [-0.1, -0.05) is 30.0 Å². The van der Waals surface area contributed by atoms with Crippen molar-refractivity contribution in [1.82, 2.24) is 9.97 Å². The standard InChI is InChI=1S/C19H15N3OS2/c1-20-19-16(23-13-5-3-2-4-6-13)11-14(12-22-19)25-17-7-9-21-15-8-10-24-18(15)17/h2-12H,1H3,(H,20,22). The highest BCUT2D eigenvalue weighted by Crippen LogP contribution is 2.38. The first-order valence-electron chi connectivity index (χ1n) is 7.74. The molecule has 6 heteroatoms. The Kier molecular flexibility index (Phi) is 4.54. The van der Waals surface area contributed by atoms with Crippen LogP contribution in [0.2, 0.25) is 0 Å². The molecule has 4 nitrogen and oxygen atoms in total. The van der Waals surface area contributed by atoms with Gasteiger partial charge in [0.2, 0.25) is 0 Å². The maximum absolute atomic E-state index is 6.00. The number of hydrogen-bond donors (Lipinski definition) is 1. The first kappa shape index (κ1) is 15.9. The molecule has 1 N–H and O–H groups in total. The third-order valence-corrected chi connectivity index (χ3v) is 5.66. The number of para-hydroxylation sites is 1. The molecule has 25 heavy (non-hydrogen) atoms. The summed E-state index contributed by atoms with van der Waals surface area (Å²) < 4.78 is 7.19. The van der Waals surface area contributed by atoms with Crippen LogP contribution in [-0.2, 0) is 0 Å². The number of ether oxygens (including phenoxy) is 1. The molecule has 0 atom stereocenters. The molecule has 1 aromatic carbocycles. The van der Waals surface area contributed by atoms with Crippen LogP contribution >= 0.6 is 23.1 Å². The molecule has 4 rings (SSSR count). The highest BCUT2D eigenvalue weighted by Gasteiger charge is 2.10. The SMILES string of the molecule is CNc1ncc(Sc2ccnc3ccsc23)cc1Oc1ccccc1. The molecule has 124 valence electrons. The van der Waals surface area contributed by atoms with Crippen molar-refractivity contribution in [3.05, 3.63) is 66.3 Å². The van der Waals surface area contributed by atoms with E-state index in [1.54, 1.807) is 23.1 Å². The number of benzene rings is 1. The van der Waals surface area contributed by atoms with Crippen LogP contribution in [0.1, 0.15) is 0 Å². The van der Waals surface area contributed by atoms with E-state index in [1.807, 2.05) is 68.0 Å². The van der Waals surface area contributed by atoms with Crippen LogP contribution in [0.4, 0.5) is 5.82 Å². The molecule has 0 bridgehead atoms. The zero-order valence-electron chi connectivity index (χ0n) is 13.5. The summed E-state index contributed by atoms with van der Waals surface area (Å²) in [5.41, 5.74) is 1.02. The predicted molar refractivity (Wildman–Crippen MR) is 104 cm³/mol. The lowest BCUT2D eigenvalue weighted by molar-refractivity contribution is 0.481. The van der Waals surface area contributed by atoms with E-state index in [-0.39, 0.29) is 0 Å². The van der Waals surface area contributed by atoms with Crippen LogP contribution in [-0.4, -0.2) is 17.0 Å². The van der Waals surface area contributed by atoms with Crippen LogP contribution in [0.25, 0.3) is 10.2 Å². The van der Waals surface area contributed by atoms with Gasteiger partial charge in [-0.25, -0.2) is 4.98 Å². The number of nitrogens with one attached hydrogen (secondary N) is 1. The van der Waals surface area contributed by atoms with E-state index >= 15 is 0 Å². The van der Waals surface area contributed by atoms with E-state index in [4.69, 9.17) is 4.74 Å². The molecule has 3 heterocycles. The Morgan fingerprint density at radius 1 is 1.08 bits per heavy atom. The van der Waals surface area contributed by atoms with Gasteiger partial charge in [0, 0.05) is 35.3 Å². The van der Waals surface area contributed by atoms with Crippen LogP contribution in [0, 0.1) is 0 Å². The lowest BCUT2D eigenvalue weighted by atomic mass is 10.3. The molecule has 0 amide bonds. The summed E-state index contributed by atoms with van der Waals surface area (Å²) in [6.45, 7) is 0. The van der Waals surface area contributed by atoms with Crippen molar-refractivity contribution in [2.24, 2.45) is 0 Å². The summed E-state index contributed by atoms with van der Waals surface area (Å²) in [7, 11) is 1.84. The summed E-state index contributed by atoms with van der Waals surface area (Å²) in [5, 5.41) is 5.14. The van der Waals surface area contributed by atoms with Crippen LogP contribution in [0.3, 0.4) is 0 Å². The number of rotatable bonds is 5. The average Bonchev–Trinajstić information content (AvgIpc) is 3.13. The lowest BCUT2D eigenvalue weighted by Gasteiger charge is -2.11. The Labute approximate surface area is 153 Å². The van der Waals surface area contributed by atoms with Gasteiger partial charge < -0.3 is 10.1 Å². The molecule has 0 saturated heterocycles. The Hall–Kier alpha value is -2.57. The summed E-state index contributed by atoms with van der Waals surface area (Å²) >= 11 is 3.37. The molecular formula is C19H15N3OS2. The van der Waals surface area contributed by atoms with Gasteiger partial charge in [-0.3, -0.25) is 4.98 Å². The van der Waals surface area contributed by atoms with Crippen molar-refractivity contribution >= 4 is 39.1 Å². The second-order valence-electron chi connectivity index (χ2n) is 5.23. The number of aromatic nitrogens is 2. The summed E-state index contributed by atoms with van der Waals surface area (Å²) in [6.07, 6.45) is 3.70. The number of thiophene rings is 1. The van der Waals surface area contributed by atoms with Crippen molar-refractivity contribution in [1.29, 1.82) is 0 Å². The van der Waals surface area contributed by atoms with Crippen molar-refractivity contribution in [3.63, 3.8) is 0 Å². The van der Waals surface area contributed by atoms with E-state index < -0.39 is 0 Å². The lowest BCUT2D eigenvalue weighted by Crippen LogP contribution is -1.96. The summed E-state index contributed by atoms with van der Waals surface area (Å²) in [5.74, 6) is 2.20. The fourth-order valence-electron chi connectivity index (χ4n) is 2.42. The maximum atomic E-state index is 6.00. The van der Waals surface area contributed by atoms with E-state index in [1.165, 1.54) is 9.60 Å². The Balaban J connectivity index is 1.66. The predicted octanol–water partition coefficient (Wildman–Crippen LogP) is 5.68. The van der Waals surface area contributed by atoms with Gasteiger partial charge in [0.25, 0.3) is 0 Å². The zero-order chi connectivity index (χ0) is 17.1. The second kappa shape index (κ2) is 7.13. The molecular weight excluding hydrogens is 350 g/mol. The van der Waals surface area contributed by atoms with Crippen molar-refractivity contribution in [2.75, 3.05) is 12.4 Å². The van der Waals surface area contributed by atoms with Crippen LogP contribution in [0.15, 0.2) is 76.1 Å². The third kappa shape index (κ3) is 3.45. The van der Waals surface area contributed by atoms with Gasteiger partial charge in [-0.05, 0) is 29.6 Å². The first-order chi connectivity index (χ1) is 12.3. The molecule has 0 unspecified atom stereocenters. The van der Waals surface area contributed by atoms with Gasteiger partial charge >= 0.3 is 0 Å².